The van der Waals surface area contributed by atoms with Crippen molar-refractivity contribution in [2.45, 2.75) is 45.1 Å². The highest BCUT2D eigenvalue weighted by atomic mass is 16.5. The Morgan fingerprint density at radius 3 is 2.84 bits per heavy atom. The minimum Gasteiger partial charge on any atom is -0.473 e. The zero-order valence-corrected chi connectivity index (χ0v) is 11.3. The van der Waals surface area contributed by atoms with Crippen LogP contribution in [0.1, 0.15) is 49.5 Å². The van der Waals surface area contributed by atoms with Gasteiger partial charge in [-0.3, -0.25) is 4.79 Å². The van der Waals surface area contributed by atoms with Gasteiger partial charge in [0.25, 0.3) is 5.91 Å². The van der Waals surface area contributed by atoms with E-state index < -0.39 is 5.91 Å². The molecule has 19 heavy (non-hydrogen) atoms. The number of carbonyl (C=O) groups is 1. The van der Waals surface area contributed by atoms with Gasteiger partial charge in [-0.25, -0.2) is 4.98 Å². The molecule has 0 bridgehead atoms. The van der Waals surface area contributed by atoms with Crippen molar-refractivity contribution in [3.05, 3.63) is 17.8 Å². The Balaban J connectivity index is 2.17. The standard InChI is InChI=1S/C14H21N3O2/c1-2-9-5-3-4-6-12(9)19-14-10(15)7-8-11(17-14)13(16)18/h7-9,12H,2-6,15H2,1H3,(H2,16,18). The summed E-state index contributed by atoms with van der Waals surface area (Å²) in [5.41, 5.74) is 11.7. The monoisotopic (exact) mass is 263 g/mol. The third-order valence-corrected chi connectivity index (χ3v) is 3.77. The molecule has 104 valence electrons. The van der Waals surface area contributed by atoms with Gasteiger partial charge < -0.3 is 16.2 Å². The summed E-state index contributed by atoms with van der Waals surface area (Å²) in [7, 11) is 0. The maximum atomic E-state index is 11.1. The highest BCUT2D eigenvalue weighted by Gasteiger charge is 2.26. The number of carbonyl (C=O) groups excluding carboxylic acids is 1. The largest absolute Gasteiger partial charge is 0.473 e. The van der Waals surface area contributed by atoms with Gasteiger partial charge in [0.15, 0.2) is 0 Å². The van der Waals surface area contributed by atoms with Gasteiger partial charge >= 0.3 is 0 Å². The molecule has 0 aromatic carbocycles. The number of hydrogen-bond donors (Lipinski definition) is 2. The van der Waals surface area contributed by atoms with Crippen molar-refractivity contribution in [3.63, 3.8) is 0 Å². The van der Waals surface area contributed by atoms with Gasteiger partial charge in [0.05, 0.1) is 5.69 Å². The van der Waals surface area contributed by atoms with Crippen molar-refractivity contribution in [1.82, 2.24) is 4.98 Å². The zero-order chi connectivity index (χ0) is 13.8. The van der Waals surface area contributed by atoms with Crippen molar-refractivity contribution < 1.29 is 9.53 Å². The molecule has 4 N–H and O–H groups in total. The van der Waals surface area contributed by atoms with Crippen LogP contribution in [0.5, 0.6) is 5.88 Å². The number of nitrogens with two attached hydrogens (primary N) is 2. The SMILES string of the molecule is CCC1CCCCC1Oc1nc(C(N)=O)ccc1N. The van der Waals surface area contributed by atoms with Crippen molar-refractivity contribution in [2.75, 3.05) is 5.73 Å². The van der Waals surface area contributed by atoms with Crippen LogP contribution in [0.4, 0.5) is 5.69 Å². The zero-order valence-electron chi connectivity index (χ0n) is 11.3. The van der Waals surface area contributed by atoms with E-state index in [2.05, 4.69) is 11.9 Å². The van der Waals surface area contributed by atoms with E-state index in [1.54, 1.807) is 6.07 Å². The molecule has 2 unspecified atom stereocenters. The number of anilines is 1. The van der Waals surface area contributed by atoms with Crippen LogP contribution in [0.3, 0.4) is 0 Å². The summed E-state index contributed by atoms with van der Waals surface area (Å²) >= 11 is 0. The van der Waals surface area contributed by atoms with Gasteiger partial charge in [0.2, 0.25) is 5.88 Å². The van der Waals surface area contributed by atoms with Crippen LogP contribution in [0.15, 0.2) is 12.1 Å². The molecule has 1 fully saturated rings. The number of nitrogens with zero attached hydrogens (tertiary/aromatic N) is 1. The Hall–Kier alpha value is -1.78. The summed E-state index contributed by atoms with van der Waals surface area (Å²) in [6, 6.07) is 3.13. The molecule has 1 aliphatic carbocycles. The summed E-state index contributed by atoms with van der Waals surface area (Å²) < 4.78 is 5.94. The van der Waals surface area contributed by atoms with Crippen LogP contribution >= 0.6 is 0 Å². The van der Waals surface area contributed by atoms with Gasteiger partial charge in [0.1, 0.15) is 11.8 Å². The highest BCUT2D eigenvalue weighted by molar-refractivity contribution is 5.91. The first-order chi connectivity index (χ1) is 9.11. The van der Waals surface area contributed by atoms with Crippen LogP contribution in [-0.2, 0) is 0 Å². The Morgan fingerprint density at radius 2 is 2.16 bits per heavy atom. The molecule has 1 heterocycles. The molecule has 0 saturated heterocycles. The minimum absolute atomic E-state index is 0.136. The second-order valence-corrected chi connectivity index (χ2v) is 5.06. The molecule has 0 spiro atoms. The Kier molecular flexibility index (Phi) is 4.24. The summed E-state index contributed by atoms with van der Waals surface area (Å²) in [6.45, 7) is 2.17. The molecular formula is C14H21N3O2. The normalized spacial score (nSPS) is 23.0. The predicted octanol–water partition coefficient (Wildman–Crippen LogP) is 2.11. The molecule has 0 aliphatic heterocycles. The van der Waals surface area contributed by atoms with Crippen LogP contribution in [0.25, 0.3) is 0 Å². The third-order valence-electron chi connectivity index (χ3n) is 3.77. The Labute approximate surface area is 113 Å². The smallest absolute Gasteiger partial charge is 0.267 e. The van der Waals surface area contributed by atoms with Crippen LogP contribution in [0.2, 0.25) is 0 Å². The molecule has 0 radical (unpaired) electrons. The van der Waals surface area contributed by atoms with Gasteiger partial charge in [-0.1, -0.05) is 13.3 Å². The summed E-state index contributed by atoms with van der Waals surface area (Å²) in [6.07, 6.45) is 5.83. The fraction of sp³-hybridized carbons (Fsp3) is 0.571. The fourth-order valence-corrected chi connectivity index (χ4v) is 2.62. The van der Waals surface area contributed by atoms with E-state index in [9.17, 15) is 4.79 Å². The predicted molar refractivity (Wildman–Crippen MR) is 73.8 cm³/mol. The number of hydrogen-bond acceptors (Lipinski definition) is 4. The van der Waals surface area contributed by atoms with Crippen molar-refractivity contribution >= 4 is 11.6 Å². The number of rotatable bonds is 4. The third kappa shape index (κ3) is 3.16. The lowest BCUT2D eigenvalue weighted by Gasteiger charge is -2.31. The lowest BCUT2D eigenvalue weighted by Crippen LogP contribution is -2.30. The molecule has 2 rings (SSSR count). The van der Waals surface area contributed by atoms with E-state index in [1.807, 2.05) is 0 Å². The summed E-state index contributed by atoms with van der Waals surface area (Å²) in [5, 5.41) is 0. The Morgan fingerprint density at radius 1 is 1.42 bits per heavy atom. The number of primary amides is 1. The summed E-state index contributed by atoms with van der Waals surface area (Å²) in [4.78, 5) is 15.3. The van der Waals surface area contributed by atoms with Crippen molar-refractivity contribution in [2.24, 2.45) is 11.7 Å². The fourth-order valence-electron chi connectivity index (χ4n) is 2.62. The number of amides is 1. The number of ether oxygens (including phenoxy) is 1. The topological polar surface area (TPSA) is 91.2 Å². The molecule has 1 aliphatic rings. The first-order valence-electron chi connectivity index (χ1n) is 6.84. The first kappa shape index (κ1) is 13.6. The van der Waals surface area contributed by atoms with Crippen molar-refractivity contribution in [1.29, 1.82) is 0 Å². The average molecular weight is 263 g/mol. The first-order valence-corrected chi connectivity index (χ1v) is 6.84. The average Bonchev–Trinajstić information content (AvgIpc) is 2.41. The second-order valence-electron chi connectivity index (χ2n) is 5.06. The van der Waals surface area contributed by atoms with E-state index in [4.69, 9.17) is 16.2 Å². The molecule has 1 aromatic rings. The lowest BCUT2D eigenvalue weighted by molar-refractivity contribution is 0.0856. The highest BCUT2D eigenvalue weighted by Crippen LogP contribution is 2.31. The molecule has 1 aromatic heterocycles. The summed E-state index contributed by atoms with van der Waals surface area (Å²) in [5.74, 6) is 0.300. The number of pyridine rings is 1. The lowest BCUT2D eigenvalue weighted by atomic mass is 9.85. The maximum Gasteiger partial charge on any atom is 0.267 e. The quantitative estimate of drug-likeness (QED) is 0.870. The van der Waals surface area contributed by atoms with Crippen LogP contribution in [-0.4, -0.2) is 17.0 Å². The maximum absolute atomic E-state index is 11.1. The van der Waals surface area contributed by atoms with E-state index in [0.29, 0.717) is 17.5 Å². The second kappa shape index (κ2) is 5.91. The van der Waals surface area contributed by atoms with E-state index in [1.165, 1.54) is 18.9 Å². The van der Waals surface area contributed by atoms with E-state index in [0.717, 1.165) is 19.3 Å². The van der Waals surface area contributed by atoms with Gasteiger partial charge in [-0.2, -0.15) is 0 Å². The molecule has 1 amide bonds. The Bertz CT molecular complexity index is 462. The number of aromatic nitrogens is 1. The van der Waals surface area contributed by atoms with Gasteiger partial charge in [0, 0.05) is 0 Å². The molecule has 1 saturated carbocycles. The van der Waals surface area contributed by atoms with Crippen LogP contribution in [0, 0.1) is 5.92 Å². The molecular weight excluding hydrogens is 242 g/mol. The van der Waals surface area contributed by atoms with Crippen LogP contribution < -0.4 is 16.2 Å². The molecule has 2 atom stereocenters. The molecule has 5 nitrogen and oxygen atoms in total. The van der Waals surface area contributed by atoms with E-state index >= 15 is 0 Å². The number of nitrogen functional groups attached to an aromatic ring is 1. The molecule has 5 heteroatoms. The van der Waals surface area contributed by atoms with Gasteiger partial charge in [-0.15, -0.1) is 0 Å². The minimum atomic E-state index is -0.569. The van der Waals surface area contributed by atoms with Crippen molar-refractivity contribution in [3.8, 4) is 5.88 Å². The van der Waals surface area contributed by atoms with E-state index in [-0.39, 0.29) is 11.8 Å². The van der Waals surface area contributed by atoms with Gasteiger partial charge in [-0.05, 0) is 43.7 Å².